The highest BCUT2D eigenvalue weighted by molar-refractivity contribution is 6.05. The number of nitrogens with zero attached hydrogens (tertiary/aromatic N) is 1. The van der Waals surface area contributed by atoms with E-state index < -0.39 is 6.04 Å². The van der Waals surface area contributed by atoms with Gasteiger partial charge in [0, 0.05) is 0 Å². The van der Waals surface area contributed by atoms with Gasteiger partial charge in [-0.1, -0.05) is 0 Å². The largest absolute Gasteiger partial charge is 0.394 e. The van der Waals surface area contributed by atoms with E-state index >= 15 is 0 Å². The van der Waals surface area contributed by atoms with Crippen LogP contribution in [0.2, 0.25) is 0 Å². The van der Waals surface area contributed by atoms with Crippen molar-refractivity contribution in [2.45, 2.75) is 13.0 Å². The number of amides is 2. The van der Waals surface area contributed by atoms with E-state index in [0.29, 0.717) is 13.2 Å². The number of hydrogen-bond donors (Lipinski definition) is 1. The van der Waals surface area contributed by atoms with Crippen LogP contribution in [0.3, 0.4) is 0 Å². The van der Waals surface area contributed by atoms with Crippen LogP contribution in [0, 0.1) is 11.8 Å². The zero-order valence-corrected chi connectivity index (χ0v) is 7.97. The fourth-order valence-electron chi connectivity index (χ4n) is 2.02. The summed E-state index contributed by atoms with van der Waals surface area (Å²) in [6.45, 7) is 2.16. The van der Waals surface area contributed by atoms with Crippen molar-refractivity contribution >= 4 is 11.8 Å². The number of carbonyl (C=O) groups is 2. The van der Waals surface area contributed by atoms with E-state index in [2.05, 4.69) is 0 Å². The zero-order valence-electron chi connectivity index (χ0n) is 7.97. The molecule has 5 heteroatoms. The Morgan fingerprint density at radius 2 is 1.93 bits per heavy atom. The molecule has 2 saturated heterocycles. The lowest BCUT2D eigenvalue weighted by atomic mass is 10.00. The van der Waals surface area contributed by atoms with Gasteiger partial charge in [-0.25, -0.2) is 0 Å². The van der Waals surface area contributed by atoms with Gasteiger partial charge in [-0.2, -0.15) is 0 Å². The number of ether oxygens (including phenoxy) is 1. The second-order valence-electron chi connectivity index (χ2n) is 3.83. The van der Waals surface area contributed by atoms with E-state index in [9.17, 15) is 9.59 Å². The van der Waals surface area contributed by atoms with E-state index in [0.717, 1.165) is 0 Å². The molecule has 0 aliphatic carbocycles. The summed E-state index contributed by atoms with van der Waals surface area (Å²) < 4.78 is 5.08. The summed E-state index contributed by atoms with van der Waals surface area (Å²) in [5, 5.41) is 8.92. The molecule has 1 unspecified atom stereocenters. The number of fused-ring (bicyclic) bond motifs is 1. The molecule has 2 amide bonds. The lowest BCUT2D eigenvalue weighted by molar-refractivity contribution is -0.144. The van der Waals surface area contributed by atoms with Crippen LogP contribution in [-0.2, 0) is 14.3 Å². The molecular weight excluding hydrogens is 186 g/mol. The van der Waals surface area contributed by atoms with Gasteiger partial charge >= 0.3 is 0 Å². The Kier molecular flexibility index (Phi) is 2.28. The molecule has 2 aliphatic rings. The van der Waals surface area contributed by atoms with E-state index in [1.165, 1.54) is 4.90 Å². The van der Waals surface area contributed by atoms with Crippen molar-refractivity contribution in [2.24, 2.45) is 11.8 Å². The SMILES string of the molecule is CC(CO)N1C(=O)[C@H]2COC[C@H]2C1=O. The van der Waals surface area contributed by atoms with Gasteiger partial charge in [0.1, 0.15) is 0 Å². The Morgan fingerprint density at radius 1 is 1.43 bits per heavy atom. The molecule has 2 heterocycles. The number of rotatable bonds is 2. The quantitative estimate of drug-likeness (QED) is 0.579. The molecule has 0 spiro atoms. The highest BCUT2D eigenvalue weighted by Crippen LogP contribution is 2.32. The van der Waals surface area contributed by atoms with Crippen molar-refractivity contribution in [2.75, 3.05) is 19.8 Å². The van der Waals surface area contributed by atoms with Crippen molar-refractivity contribution in [3.05, 3.63) is 0 Å². The van der Waals surface area contributed by atoms with E-state index in [-0.39, 0.29) is 30.3 Å². The Labute approximate surface area is 81.6 Å². The summed E-state index contributed by atoms with van der Waals surface area (Å²) in [6, 6.07) is -0.416. The molecule has 0 aromatic heterocycles. The molecule has 0 saturated carbocycles. The zero-order chi connectivity index (χ0) is 10.3. The lowest BCUT2D eigenvalue weighted by Gasteiger charge is -2.21. The molecule has 78 valence electrons. The molecule has 0 radical (unpaired) electrons. The van der Waals surface area contributed by atoms with Crippen molar-refractivity contribution in [1.82, 2.24) is 4.90 Å². The predicted octanol–water partition coefficient (Wildman–Crippen LogP) is -1.00. The highest BCUT2D eigenvalue weighted by atomic mass is 16.5. The highest BCUT2D eigenvalue weighted by Gasteiger charge is 2.51. The average molecular weight is 199 g/mol. The first-order chi connectivity index (χ1) is 6.66. The Bertz CT molecular complexity index is 256. The van der Waals surface area contributed by atoms with E-state index in [4.69, 9.17) is 9.84 Å². The maximum Gasteiger partial charge on any atom is 0.235 e. The van der Waals surface area contributed by atoms with Crippen molar-refractivity contribution in [3.8, 4) is 0 Å². The number of imide groups is 1. The molecule has 2 rings (SSSR count). The minimum Gasteiger partial charge on any atom is -0.394 e. The first-order valence-corrected chi connectivity index (χ1v) is 4.72. The fourth-order valence-corrected chi connectivity index (χ4v) is 2.02. The van der Waals surface area contributed by atoms with Crippen LogP contribution >= 0.6 is 0 Å². The standard InChI is InChI=1S/C9H13NO4/c1-5(2-11)10-8(12)6-3-14-4-7(6)9(10)13/h5-7,11H,2-4H2,1H3/t5?,6-,7+. The molecule has 5 nitrogen and oxygen atoms in total. The van der Waals surface area contributed by atoms with Gasteiger partial charge in [0.25, 0.3) is 0 Å². The summed E-state index contributed by atoms with van der Waals surface area (Å²) in [4.78, 5) is 24.6. The topological polar surface area (TPSA) is 66.8 Å². The lowest BCUT2D eigenvalue weighted by Crippen LogP contribution is -2.41. The van der Waals surface area contributed by atoms with Crippen LogP contribution in [0.5, 0.6) is 0 Å². The summed E-state index contributed by atoms with van der Waals surface area (Å²) in [7, 11) is 0. The van der Waals surface area contributed by atoms with E-state index in [1.807, 2.05) is 0 Å². The third kappa shape index (κ3) is 1.16. The van der Waals surface area contributed by atoms with Crippen molar-refractivity contribution < 1.29 is 19.4 Å². The van der Waals surface area contributed by atoms with Gasteiger partial charge in [-0.3, -0.25) is 14.5 Å². The van der Waals surface area contributed by atoms with Gasteiger partial charge in [0.05, 0.1) is 37.7 Å². The number of hydrogen-bond acceptors (Lipinski definition) is 4. The Hall–Kier alpha value is -0.940. The number of likely N-dealkylation sites (tertiary alicyclic amines) is 1. The first kappa shape index (κ1) is 9.61. The number of aliphatic hydroxyl groups is 1. The van der Waals surface area contributed by atoms with Crippen molar-refractivity contribution in [1.29, 1.82) is 0 Å². The third-order valence-electron chi connectivity index (χ3n) is 2.89. The van der Waals surface area contributed by atoms with Gasteiger partial charge in [-0.05, 0) is 6.92 Å². The molecule has 2 aliphatic heterocycles. The summed E-state index contributed by atoms with van der Waals surface area (Å²) in [5.74, 6) is -1.01. The predicted molar refractivity (Wildman–Crippen MR) is 46.2 cm³/mol. The fraction of sp³-hybridized carbons (Fsp3) is 0.778. The summed E-state index contributed by atoms with van der Waals surface area (Å²) in [6.07, 6.45) is 0. The molecule has 0 aromatic rings. The first-order valence-electron chi connectivity index (χ1n) is 4.72. The number of carbonyl (C=O) groups excluding carboxylic acids is 2. The molecule has 14 heavy (non-hydrogen) atoms. The van der Waals surface area contributed by atoms with Gasteiger partial charge in [0.15, 0.2) is 0 Å². The van der Waals surface area contributed by atoms with Crippen LogP contribution < -0.4 is 0 Å². The maximum atomic E-state index is 11.7. The Balaban J connectivity index is 2.21. The minimum absolute atomic E-state index is 0.183. The molecule has 2 fully saturated rings. The van der Waals surface area contributed by atoms with Gasteiger partial charge in [-0.15, -0.1) is 0 Å². The molecule has 3 atom stereocenters. The van der Waals surface area contributed by atoms with Crippen LogP contribution in [0.4, 0.5) is 0 Å². The summed E-state index contributed by atoms with van der Waals surface area (Å²) >= 11 is 0. The van der Waals surface area contributed by atoms with Gasteiger partial charge < -0.3 is 9.84 Å². The van der Waals surface area contributed by atoms with E-state index in [1.54, 1.807) is 6.92 Å². The maximum absolute atomic E-state index is 11.7. The summed E-state index contributed by atoms with van der Waals surface area (Å²) in [5.41, 5.74) is 0. The Morgan fingerprint density at radius 3 is 2.36 bits per heavy atom. The molecule has 0 aromatic carbocycles. The second-order valence-corrected chi connectivity index (χ2v) is 3.83. The normalized spacial score (nSPS) is 33.7. The van der Waals surface area contributed by atoms with Gasteiger partial charge in [0.2, 0.25) is 11.8 Å². The smallest absolute Gasteiger partial charge is 0.235 e. The minimum atomic E-state index is -0.416. The van der Waals surface area contributed by atoms with Crippen LogP contribution in [-0.4, -0.2) is 47.7 Å². The van der Waals surface area contributed by atoms with Crippen LogP contribution in [0.15, 0.2) is 0 Å². The third-order valence-corrected chi connectivity index (χ3v) is 2.89. The second kappa shape index (κ2) is 3.33. The van der Waals surface area contributed by atoms with Crippen LogP contribution in [0.25, 0.3) is 0 Å². The number of aliphatic hydroxyl groups excluding tert-OH is 1. The monoisotopic (exact) mass is 199 g/mol. The van der Waals surface area contributed by atoms with Crippen LogP contribution in [0.1, 0.15) is 6.92 Å². The molecular formula is C9H13NO4. The average Bonchev–Trinajstić information content (AvgIpc) is 2.72. The molecule has 0 bridgehead atoms. The van der Waals surface area contributed by atoms with Crippen molar-refractivity contribution in [3.63, 3.8) is 0 Å². The molecule has 1 N–H and O–H groups in total.